The number of rotatable bonds is 4. The fourth-order valence-electron chi connectivity index (χ4n) is 3.34. The van der Waals surface area contributed by atoms with E-state index >= 15 is 0 Å². The van der Waals surface area contributed by atoms with Crippen LogP contribution < -0.4 is 5.32 Å². The van der Waals surface area contributed by atoms with Gasteiger partial charge in [-0.1, -0.05) is 23.8 Å². The molecule has 1 aliphatic heterocycles. The van der Waals surface area contributed by atoms with Crippen LogP contribution in [0.25, 0.3) is 0 Å². The summed E-state index contributed by atoms with van der Waals surface area (Å²) < 4.78 is 0. The largest absolute Gasteiger partial charge is 0.325 e. The molecule has 5 heteroatoms. The highest BCUT2D eigenvalue weighted by molar-refractivity contribution is 7.10. The van der Waals surface area contributed by atoms with Gasteiger partial charge in [0.1, 0.15) is 0 Å². The summed E-state index contributed by atoms with van der Waals surface area (Å²) in [5.74, 6) is 0.0455. The van der Waals surface area contributed by atoms with E-state index in [1.165, 1.54) is 20.9 Å². The zero-order valence-electron chi connectivity index (χ0n) is 14.1. The predicted octanol–water partition coefficient (Wildman–Crippen LogP) is 4.70. The van der Waals surface area contributed by atoms with Gasteiger partial charge >= 0.3 is 0 Å². The van der Waals surface area contributed by atoms with Crippen LogP contribution in [0.15, 0.2) is 53.2 Å². The molecule has 3 nitrogen and oxygen atoms in total. The van der Waals surface area contributed by atoms with Gasteiger partial charge in [0, 0.05) is 22.0 Å². The highest BCUT2D eigenvalue weighted by Crippen LogP contribution is 2.39. The third-order valence-electron chi connectivity index (χ3n) is 4.56. The van der Waals surface area contributed by atoms with E-state index in [0.29, 0.717) is 6.54 Å². The number of nitrogens with one attached hydrogen (secondary N) is 1. The molecule has 2 aromatic heterocycles. The Morgan fingerprint density at radius 2 is 2.00 bits per heavy atom. The van der Waals surface area contributed by atoms with E-state index in [2.05, 4.69) is 39.2 Å². The van der Waals surface area contributed by atoms with Crippen LogP contribution in [0.2, 0.25) is 0 Å². The molecule has 3 aromatic rings. The lowest BCUT2D eigenvalue weighted by Gasteiger charge is -2.34. The fraction of sp³-hybridized carbons (Fsp3) is 0.250. The second-order valence-electron chi connectivity index (χ2n) is 6.35. The molecule has 25 heavy (non-hydrogen) atoms. The van der Waals surface area contributed by atoms with E-state index in [4.69, 9.17) is 0 Å². The van der Waals surface area contributed by atoms with Crippen LogP contribution in [0, 0.1) is 6.92 Å². The van der Waals surface area contributed by atoms with Crippen LogP contribution in [0.4, 0.5) is 5.69 Å². The van der Waals surface area contributed by atoms with Crippen LogP contribution in [0.1, 0.15) is 26.9 Å². The quantitative estimate of drug-likeness (QED) is 0.724. The van der Waals surface area contributed by atoms with Gasteiger partial charge in [0.05, 0.1) is 12.6 Å². The molecule has 1 unspecified atom stereocenters. The van der Waals surface area contributed by atoms with Crippen LogP contribution in [-0.2, 0) is 11.2 Å². The number of hydrogen-bond acceptors (Lipinski definition) is 4. The lowest BCUT2D eigenvalue weighted by Crippen LogP contribution is -2.40. The number of fused-ring (bicyclic) bond motifs is 1. The molecule has 0 saturated heterocycles. The molecule has 1 aromatic carbocycles. The lowest BCUT2D eigenvalue weighted by molar-refractivity contribution is -0.117. The summed E-state index contributed by atoms with van der Waals surface area (Å²) in [5.41, 5.74) is 3.41. The Kier molecular flexibility index (Phi) is 4.70. The predicted molar refractivity (Wildman–Crippen MR) is 106 cm³/mol. The number of nitrogens with zero attached hydrogens (tertiary/aromatic N) is 1. The summed E-state index contributed by atoms with van der Waals surface area (Å²) in [6.45, 7) is 3.37. The summed E-state index contributed by atoms with van der Waals surface area (Å²) >= 11 is 3.59. The Bertz CT molecular complexity index is 852. The van der Waals surface area contributed by atoms with Crippen molar-refractivity contribution >= 4 is 34.3 Å². The van der Waals surface area contributed by atoms with Crippen molar-refractivity contribution in [3.63, 3.8) is 0 Å². The van der Waals surface area contributed by atoms with Gasteiger partial charge in [-0.25, -0.2) is 0 Å². The molecule has 1 N–H and O–H groups in total. The molecule has 0 fully saturated rings. The summed E-state index contributed by atoms with van der Waals surface area (Å²) in [5, 5.41) is 7.30. The standard InChI is InChI=1S/C20H20N2OS2/c1-14-4-6-15(7-5-14)21-19(23)13-22-10-8-17-16(9-12-25-17)20(22)18-3-2-11-24-18/h2-7,9,11-12,20H,8,10,13H2,1H3,(H,21,23). The summed E-state index contributed by atoms with van der Waals surface area (Å²) in [6, 6.07) is 14.6. The Balaban J connectivity index is 1.52. The summed E-state index contributed by atoms with van der Waals surface area (Å²) in [4.78, 5) is 17.6. The molecule has 0 saturated carbocycles. The van der Waals surface area contributed by atoms with Gasteiger partial charge in [0.25, 0.3) is 0 Å². The lowest BCUT2D eigenvalue weighted by atomic mass is 9.98. The van der Waals surface area contributed by atoms with Crippen molar-refractivity contribution in [2.75, 3.05) is 18.4 Å². The third kappa shape index (κ3) is 3.54. The highest BCUT2D eigenvalue weighted by atomic mass is 32.1. The molecule has 3 heterocycles. The monoisotopic (exact) mass is 368 g/mol. The van der Waals surface area contributed by atoms with Crippen LogP contribution in [-0.4, -0.2) is 23.9 Å². The van der Waals surface area contributed by atoms with Crippen LogP contribution in [0.5, 0.6) is 0 Å². The minimum absolute atomic E-state index is 0.0455. The first-order valence-electron chi connectivity index (χ1n) is 8.41. The van der Waals surface area contributed by atoms with Crippen molar-refractivity contribution in [1.29, 1.82) is 0 Å². The van der Waals surface area contributed by atoms with Gasteiger partial charge < -0.3 is 5.32 Å². The molecule has 1 atom stereocenters. The average molecular weight is 369 g/mol. The fourth-order valence-corrected chi connectivity index (χ4v) is 5.12. The first kappa shape index (κ1) is 16.5. The van der Waals surface area contributed by atoms with Crippen molar-refractivity contribution in [3.05, 3.63) is 74.1 Å². The number of thiophene rings is 2. The Labute approximate surface area is 155 Å². The normalized spacial score (nSPS) is 17.2. The summed E-state index contributed by atoms with van der Waals surface area (Å²) in [7, 11) is 0. The number of hydrogen-bond donors (Lipinski definition) is 1. The van der Waals surface area contributed by atoms with Crippen molar-refractivity contribution in [2.24, 2.45) is 0 Å². The number of aryl methyl sites for hydroxylation is 1. The first-order valence-corrected chi connectivity index (χ1v) is 10.2. The van der Waals surface area contributed by atoms with E-state index in [1.807, 2.05) is 42.5 Å². The number of amides is 1. The second kappa shape index (κ2) is 7.12. The second-order valence-corrected chi connectivity index (χ2v) is 8.33. The average Bonchev–Trinajstić information content (AvgIpc) is 3.28. The van der Waals surface area contributed by atoms with E-state index in [1.54, 1.807) is 11.3 Å². The zero-order valence-corrected chi connectivity index (χ0v) is 15.7. The molecule has 1 amide bonds. The van der Waals surface area contributed by atoms with Gasteiger partial charge in [-0.2, -0.15) is 0 Å². The number of benzene rings is 1. The Morgan fingerprint density at radius 3 is 2.76 bits per heavy atom. The molecular formula is C20H20N2OS2. The van der Waals surface area contributed by atoms with Gasteiger partial charge in [-0.05, 0) is 53.9 Å². The van der Waals surface area contributed by atoms with Crippen molar-refractivity contribution in [3.8, 4) is 0 Å². The number of anilines is 1. The van der Waals surface area contributed by atoms with Crippen LogP contribution >= 0.6 is 22.7 Å². The molecule has 128 valence electrons. The van der Waals surface area contributed by atoms with E-state index < -0.39 is 0 Å². The van der Waals surface area contributed by atoms with Crippen molar-refractivity contribution in [2.45, 2.75) is 19.4 Å². The first-order chi connectivity index (χ1) is 12.2. The van der Waals surface area contributed by atoms with Gasteiger partial charge in [0.2, 0.25) is 5.91 Å². The Hall–Kier alpha value is -1.95. The molecule has 0 aliphatic carbocycles. The maximum atomic E-state index is 12.6. The van der Waals surface area contributed by atoms with Crippen LogP contribution in [0.3, 0.4) is 0 Å². The summed E-state index contributed by atoms with van der Waals surface area (Å²) in [6.07, 6.45) is 1.02. The highest BCUT2D eigenvalue weighted by Gasteiger charge is 2.31. The zero-order chi connectivity index (χ0) is 17.2. The SMILES string of the molecule is Cc1ccc(NC(=O)CN2CCc3sccc3C2c2cccs2)cc1. The topological polar surface area (TPSA) is 32.3 Å². The van der Waals surface area contributed by atoms with Crippen molar-refractivity contribution in [1.82, 2.24) is 4.90 Å². The smallest absolute Gasteiger partial charge is 0.238 e. The molecule has 0 radical (unpaired) electrons. The Morgan fingerprint density at radius 1 is 1.16 bits per heavy atom. The maximum Gasteiger partial charge on any atom is 0.238 e. The van der Waals surface area contributed by atoms with Gasteiger partial charge in [0.15, 0.2) is 0 Å². The molecule has 0 spiro atoms. The minimum Gasteiger partial charge on any atom is -0.325 e. The van der Waals surface area contributed by atoms with Gasteiger partial charge in [-0.3, -0.25) is 9.69 Å². The number of carbonyl (C=O) groups excluding carboxylic acids is 1. The maximum absolute atomic E-state index is 12.6. The number of carbonyl (C=O) groups is 1. The molecule has 4 rings (SSSR count). The molecule has 1 aliphatic rings. The third-order valence-corrected chi connectivity index (χ3v) is 6.48. The minimum atomic E-state index is 0.0455. The van der Waals surface area contributed by atoms with Crippen molar-refractivity contribution < 1.29 is 4.79 Å². The molecule has 0 bridgehead atoms. The van der Waals surface area contributed by atoms with Gasteiger partial charge in [-0.15, -0.1) is 22.7 Å². The van der Waals surface area contributed by atoms with E-state index in [0.717, 1.165) is 18.7 Å². The van der Waals surface area contributed by atoms with E-state index in [-0.39, 0.29) is 11.9 Å². The molecular weight excluding hydrogens is 348 g/mol. The van der Waals surface area contributed by atoms with E-state index in [9.17, 15) is 4.79 Å².